The van der Waals surface area contributed by atoms with Crippen molar-refractivity contribution >= 4 is 5.96 Å². The lowest BCUT2D eigenvalue weighted by atomic mass is 10.2. The molecule has 1 aliphatic rings. The molecule has 0 amide bonds. The predicted molar refractivity (Wildman–Crippen MR) is 32.7 cm³/mol. The Hall–Kier alpha value is -1.24. The summed E-state index contributed by atoms with van der Waals surface area (Å²) in [5, 5.41) is 17.5. The van der Waals surface area contributed by atoms with E-state index in [-0.39, 0.29) is 5.96 Å². The molecule has 1 fully saturated rings. The van der Waals surface area contributed by atoms with Crippen LogP contribution in [0.2, 0.25) is 0 Å². The highest BCUT2D eigenvalue weighted by atomic mass is 15.3. The molecule has 1 rings (SSSR count). The third-order valence-corrected chi connectivity index (χ3v) is 1.35. The Balaban J connectivity index is 2.26. The van der Waals surface area contributed by atoms with Crippen LogP contribution in [0, 0.1) is 16.9 Å². The molecule has 1 heterocycles. The molecule has 0 aliphatic carbocycles. The zero-order valence-corrected chi connectivity index (χ0v) is 5.02. The topological polar surface area (TPSA) is 62.9 Å². The minimum Gasteiger partial charge on any atom is -0.342 e. The van der Waals surface area contributed by atoms with Gasteiger partial charge < -0.3 is 4.90 Å². The van der Waals surface area contributed by atoms with Gasteiger partial charge in [0.25, 0.3) is 0 Å². The summed E-state index contributed by atoms with van der Waals surface area (Å²) in [7, 11) is 0. The van der Waals surface area contributed by atoms with E-state index in [0.717, 1.165) is 19.5 Å². The van der Waals surface area contributed by atoms with Crippen LogP contribution in [0.3, 0.4) is 0 Å². The second-order valence-electron chi connectivity index (χ2n) is 1.93. The van der Waals surface area contributed by atoms with E-state index in [0.29, 0.717) is 0 Å². The summed E-state index contributed by atoms with van der Waals surface area (Å²) < 4.78 is 0. The van der Waals surface area contributed by atoms with Gasteiger partial charge in [0.15, 0.2) is 6.19 Å². The molecular weight excluding hydrogens is 116 g/mol. The van der Waals surface area contributed by atoms with Crippen LogP contribution in [0.4, 0.5) is 0 Å². The maximum atomic E-state index is 8.08. The largest absolute Gasteiger partial charge is 0.342 e. The third-order valence-electron chi connectivity index (χ3n) is 1.35. The van der Waals surface area contributed by atoms with Crippen molar-refractivity contribution in [1.82, 2.24) is 10.2 Å². The van der Waals surface area contributed by atoms with Crippen molar-refractivity contribution in [3.05, 3.63) is 0 Å². The Morgan fingerprint density at radius 1 is 1.67 bits per heavy atom. The Labute approximate surface area is 53.6 Å². The molecule has 1 saturated heterocycles. The van der Waals surface area contributed by atoms with E-state index in [4.69, 9.17) is 10.7 Å². The van der Waals surface area contributed by atoms with Gasteiger partial charge >= 0.3 is 0 Å². The minimum atomic E-state index is 0.226. The van der Waals surface area contributed by atoms with Gasteiger partial charge in [-0.25, -0.2) is 0 Å². The normalized spacial score (nSPS) is 15.7. The zero-order chi connectivity index (χ0) is 6.69. The van der Waals surface area contributed by atoms with Gasteiger partial charge in [0.1, 0.15) is 0 Å². The van der Waals surface area contributed by atoms with Gasteiger partial charge in [0, 0.05) is 13.1 Å². The molecule has 0 aromatic heterocycles. The number of rotatable bonds is 0. The van der Waals surface area contributed by atoms with Crippen molar-refractivity contribution in [1.29, 1.82) is 10.7 Å². The average Bonchev–Trinajstić information content (AvgIpc) is 1.60. The summed E-state index contributed by atoms with van der Waals surface area (Å²) in [4.78, 5) is 1.81. The number of nitrogens with zero attached hydrogens (tertiary/aromatic N) is 2. The molecule has 0 bridgehead atoms. The van der Waals surface area contributed by atoms with Crippen molar-refractivity contribution in [3.8, 4) is 6.19 Å². The molecule has 4 heteroatoms. The van der Waals surface area contributed by atoms with Crippen molar-refractivity contribution < 1.29 is 0 Å². The summed E-state index contributed by atoms with van der Waals surface area (Å²) in [6.45, 7) is 1.82. The Bertz CT molecular complexity index is 153. The standard InChI is InChI=1S/C5H8N4/c6-4-8-5(7)9-2-1-3-9/h1-3H2,(H2,7,8). The van der Waals surface area contributed by atoms with Crippen LogP contribution in [0.5, 0.6) is 0 Å². The van der Waals surface area contributed by atoms with Gasteiger partial charge in [-0.2, -0.15) is 5.26 Å². The van der Waals surface area contributed by atoms with E-state index in [9.17, 15) is 0 Å². The monoisotopic (exact) mass is 124 g/mol. The molecular formula is C5H8N4. The Morgan fingerprint density at radius 3 is 2.67 bits per heavy atom. The SMILES string of the molecule is N#CNC(=N)N1CCC1. The first-order valence-corrected chi connectivity index (χ1v) is 2.83. The molecule has 0 spiro atoms. The van der Waals surface area contributed by atoms with Gasteiger partial charge in [0.2, 0.25) is 5.96 Å². The first-order valence-electron chi connectivity index (χ1n) is 2.83. The maximum absolute atomic E-state index is 8.08. The Kier molecular flexibility index (Phi) is 1.54. The van der Waals surface area contributed by atoms with Crippen LogP contribution in [0.25, 0.3) is 0 Å². The second kappa shape index (κ2) is 2.35. The van der Waals surface area contributed by atoms with Gasteiger partial charge in [0.05, 0.1) is 0 Å². The Morgan fingerprint density at radius 2 is 2.33 bits per heavy atom. The van der Waals surface area contributed by atoms with Gasteiger partial charge in [-0.15, -0.1) is 0 Å². The molecule has 2 N–H and O–H groups in total. The molecule has 48 valence electrons. The number of guanidine groups is 1. The average molecular weight is 124 g/mol. The highest BCUT2D eigenvalue weighted by molar-refractivity contribution is 5.78. The lowest BCUT2D eigenvalue weighted by Gasteiger charge is -2.31. The second-order valence-corrected chi connectivity index (χ2v) is 1.93. The van der Waals surface area contributed by atoms with Crippen LogP contribution in [0.15, 0.2) is 0 Å². The van der Waals surface area contributed by atoms with Crippen molar-refractivity contribution in [2.24, 2.45) is 0 Å². The van der Waals surface area contributed by atoms with Gasteiger partial charge in [-0.1, -0.05) is 0 Å². The van der Waals surface area contributed by atoms with E-state index in [1.807, 2.05) is 4.90 Å². The zero-order valence-electron chi connectivity index (χ0n) is 5.02. The molecule has 0 aromatic carbocycles. The van der Waals surface area contributed by atoms with Crippen molar-refractivity contribution in [2.75, 3.05) is 13.1 Å². The first kappa shape index (κ1) is 5.89. The maximum Gasteiger partial charge on any atom is 0.204 e. The van der Waals surface area contributed by atoms with Crippen LogP contribution < -0.4 is 5.32 Å². The lowest BCUT2D eigenvalue weighted by Crippen LogP contribution is -2.46. The van der Waals surface area contributed by atoms with E-state index in [1.165, 1.54) is 0 Å². The van der Waals surface area contributed by atoms with E-state index < -0.39 is 0 Å². The predicted octanol–water partition coefficient (Wildman–Crippen LogP) is -0.302. The number of hydrogen-bond acceptors (Lipinski definition) is 2. The molecule has 1 aliphatic heterocycles. The van der Waals surface area contributed by atoms with Crippen LogP contribution >= 0.6 is 0 Å². The summed E-state index contributed by atoms with van der Waals surface area (Å²) in [5.41, 5.74) is 0. The van der Waals surface area contributed by atoms with Gasteiger partial charge in [-0.3, -0.25) is 10.7 Å². The molecule has 9 heavy (non-hydrogen) atoms. The van der Waals surface area contributed by atoms with Gasteiger partial charge in [-0.05, 0) is 6.42 Å². The molecule has 0 atom stereocenters. The summed E-state index contributed by atoms with van der Waals surface area (Å²) in [6.07, 6.45) is 2.83. The smallest absolute Gasteiger partial charge is 0.204 e. The third kappa shape index (κ3) is 1.11. The number of hydrogen-bond donors (Lipinski definition) is 2. The quantitative estimate of drug-likeness (QED) is 0.202. The molecule has 0 saturated carbocycles. The molecule has 0 unspecified atom stereocenters. The van der Waals surface area contributed by atoms with Crippen molar-refractivity contribution in [3.63, 3.8) is 0 Å². The number of likely N-dealkylation sites (tertiary alicyclic amines) is 1. The molecule has 4 nitrogen and oxygen atoms in total. The summed E-state index contributed by atoms with van der Waals surface area (Å²) in [5.74, 6) is 0.226. The van der Waals surface area contributed by atoms with Crippen molar-refractivity contribution in [2.45, 2.75) is 6.42 Å². The summed E-state index contributed by atoms with van der Waals surface area (Å²) in [6, 6.07) is 0. The van der Waals surface area contributed by atoms with Crippen LogP contribution in [-0.4, -0.2) is 23.9 Å². The fourth-order valence-corrected chi connectivity index (χ4v) is 0.672. The fraction of sp³-hybridized carbons (Fsp3) is 0.600. The molecule has 0 radical (unpaired) electrons. The first-order chi connectivity index (χ1) is 4.34. The van der Waals surface area contributed by atoms with Crippen LogP contribution in [0.1, 0.15) is 6.42 Å². The van der Waals surface area contributed by atoms with E-state index >= 15 is 0 Å². The summed E-state index contributed by atoms with van der Waals surface area (Å²) >= 11 is 0. The fourth-order valence-electron chi connectivity index (χ4n) is 0.672. The van der Waals surface area contributed by atoms with E-state index in [1.54, 1.807) is 6.19 Å². The lowest BCUT2D eigenvalue weighted by molar-refractivity contribution is 0.291. The number of nitrogens with one attached hydrogen (secondary N) is 2. The number of nitriles is 1. The van der Waals surface area contributed by atoms with E-state index in [2.05, 4.69) is 5.32 Å². The minimum absolute atomic E-state index is 0.226. The highest BCUT2D eigenvalue weighted by Crippen LogP contribution is 2.03. The van der Waals surface area contributed by atoms with Crippen LogP contribution in [-0.2, 0) is 0 Å². The highest BCUT2D eigenvalue weighted by Gasteiger charge is 2.15. The molecule has 0 aromatic rings.